The SMILES string of the molecule is Cn1ccnc1C(O)C1CCN(C/C=C/Cl)CC1. The van der Waals surface area contributed by atoms with Gasteiger partial charge < -0.3 is 9.67 Å². The fourth-order valence-corrected chi connectivity index (χ4v) is 2.59. The van der Waals surface area contributed by atoms with Crippen LogP contribution in [0.1, 0.15) is 24.8 Å². The van der Waals surface area contributed by atoms with E-state index in [1.54, 1.807) is 11.7 Å². The van der Waals surface area contributed by atoms with Gasteiger partial charge in [-0.05, 0) is 31.8 Å². The first kappa shape index (κ1) is 13.6. The number of aliphatic hydroxyl groups is 1. The quantitative estimate of drug-likeness (QED) is 0.908. The number of imidazole rings is 1. The van der Waals surface area contributed by atoms with Gasteiger partial charge in [-0.15, -0.1) is 0 Å². The molecule has 1 aromatic heterocycles. The average Bonchev–Trinajstić information content (AvgIpc) is 2.82. The Kier molecular flexibility index (Phi) is 4.80. The summed E-state index contributed by atoms with van der Waals surface area (Å²) in [5.41, 5.74) is 1.56. The van der Waals surface area contributed by atoms with Crippen LogP contribution in [0.25, 0.3) is 0 Å². The highest BCUT2D eigenvalue weighted by Crippen LogP contribution is 2.29. The molecule has 0 spiro atoms. The first-order valence-electron chi connectivity index (χ1n) is 6.35. The van der Waals surface area contributed by atoms with Gasteiger partial charge in [-0.3, -0.25) is 4.90 Å². The molecule has 1 unspecified atom stereocenters. The van der Waals surface area contributed by atoms with E-state index in [0.717, 1.165) is 38.3 Å². The van der Waals surface area contributed by atoms with Crippen molar-refractivity contribution < 1.29 is 5.11 Å². The lowest BCUT2D eigenvalue weighted by atomic mass is 9.91. The minimum absolute atomic E-state index is 0.308. The number of halogens is 1. The fourth-order valence-electron chi connectivity index (χ4n) is 2.51. The van der Waals surface area contributed by atoms with E-state index in [1.165, 1.54) is 0 Å². The molecule has 1 aromatic rings. The lowest BCUT2D eigenvalue weighted by molar-refractivity contribution is 0.0540. The van der Waals surface area contributed by atoms with Gasteiger partial charge in [0, 0.05) is 31.5 Å². The third-order valence-corrected chi connectivity index (χ3v) is 3.83. The van der Waals surface area contributed by atoms with Gasteiger partial charge in [-0.25, -0.2) is 4.98 Å². The zero-order valence-corrected chi connectivity index (χ0v) is 11.4. The fraction of sp³-hybridized carbons (Fsp3) is 0.615. The Morgan fingerprint density at radius 1 is 1.56 bits per heavy atom. The molecule has 1 aliphatic heterocycles. The van der Waals surface area contributed by atoms with Crippen molar-refractivity contribution in [2.45, 2.75) is 18.9 Å². The zero-order chi connectivity index (χ0) is 13.0. The highest BCUT2D eigenvalue weighted by Gasteiger charge is 2.27. The highest BCUT2D eigenvalue weighted by atomic mass is 35.5. The molecule has 5 heteroatoms. The van der Waals surface area contributed by atoms with E-state index in [1.807, 2.05) is 23.9 Å². The Morgan fingerprint density at radius 3 is 2.83 bits per heavy atom. The maximum atomic E-state index is 10.3. The summed E-state index contributed by atoms with van der Waals surface area (Å²) in [6.07, 6.45) is 7.12. The van der Waals surface area contributed by atoms with Gasteiger partial charge in [-0.1, -0.05) is 17.7 Å². The van der Waals surface area contributed by atoms with Gasteiger partial charge >= 0.3 is 0 Å². The molecule has 4 nitrogen and oxygen atoms in total. The lowest BCUT2D eigenvalue weighted by Crippen LogP contribution is -2.36. The molecule has 1 aliphatic rings. The molecule has 1 atom stereocenters. The van der Waals surface area contributed by atoms with Crippen molar-refractivity contribution in [2.24, 2.45) is 13.0 Å². The Hall–Kier alpha value is -0.840. The Labute approximate surface area is 113 Å². The van der Waals surface area contributed by atoms with Crippen LogP contribution >= 0.6 is 11.6 Å². The van der Waals surface area contributed by atoms with Crippen molar-refractivity contribution in [2.75, 3.05) is 19.6 Å². The second-order valence-electron chi connectivity index (χ2n) is 4.84. The maximum absolute atomic E-state index is 10.3. The molecule has 100 valence electrons. The van der Waals surface area contributed by atoms with Crippen molar-refractivity contribution >= 4 is 11.6 Å². The predicted molar refractivity (Wildman–Crippen MR) is 72.3 cm³/mol. The number of hydrogen-bond donors (Lipinski definition) is 1. The van der Waals surface area contributed by atoms with Crippen LogP contribution in [0, 0.1) is 5.92 Å². The minimum atomic E-state index is -0.448. The molecule has 18 heavy (non-hydrogen) atoms. The number of rotatable bonds is 4. The summed E-state index contributed by atoms with van der Waals surface area (Å²) in [6.45, 7) is 2.91. The van der Waals surface area contributed by atoms with Crippen molar-refractivity contribution in [3.63, 3.8) is 0 Å². The second-order valence-corrected chi connectivity index (χ2v) is 5.09. The number of piperidine rings is 1. The Bertz CT molecular complexity index is 397. The monoisotopic (exact) mass is 269 g/mol. The van der Waals surface area contributed by atoms with E-state index in [2.05, 4.69) is 9.88 Å². The number of aryl methyl sites for hydroxylation is 1. The molecule has 0 saturated carbocycles. The zero-order valence-electron chi connectivity index (χ0n) is 10.7. The van der Waals surface area contributed by atoms with Crippen LogP contribution in [-0.4, -0.2) is 39.2 Å². The van der Waals surface area contributed by atoms with E-state index in [4.69, 9.17) is 11.6 Å². The van der Waals surface area contributed by atoms with Crippen LogP contribution in [0.5, 0.6) is 0 Å². The largest absolute Gasteiger partial charge is 0.385 e. The molecular formula is C13H20ClN3O. The van der Waals surface area contributed by atoms with E-state index in [0.29, 0.717) is 5.92 Å². The summed E-state index contributed by atoms with van der Waals surface area (Å²) in [5.74, 6) is 1.08. The van der Waals surface area contributed by atoms with Gasteiger partial charge in [0.05, 0.1) is 0 Å². The summed E-state index contributed by atoms with van der Waals surface area (Å²) in [7, 11) is 1.92. The summed E-state index contributed by atoms with van der Waals surface area (Å²) in [4.78, 5) is 6.58. The standard InChI is InChI=1S/C13H20ClN3O/c1-16-10-6-15-13(16)12(18)11-3-8-17(9-4-11)7-2-5-14/h2,5-6,10-12,18H,3-4,7-9H2,1H3/b5-2+. The van der Waals surface area contributed by atoms with Gasteiger partial charge in [0.15, 0.2) is 0 Å². The molecule has 0 aromatic carbocycles. The molecule has 1 saturated heterocycles. The Morgan fingerprint density at radius 2 is 2.28 bits per heavy atom. The van der Waals surface area contributed by atoms with Gasteiger partial charge in [-0.2, -0.15) is 0 Å². The van der Waals surface area contributed by atoms with Crippen molar-refractivity contribution in [1.29, 1.82) is 0 Å². The first-order valence-corrected chi connectivity index (χ1v) is 6.79. The van der Waals surface area contributed by atoms with Crippen LogP contribution in [0.4, 0.5) is 0 Å². The summed E-state index contributed by atoms with van der Waals surface area (Å²) in [6, 6.07) is 0. The van der Waals surface area contributed by atoms with E-state index in [-0.39, 0.29) is 0 Å². The lowest BCUT2D eigenvalue weighted by Gasteiger charge is -2.33. The molecule has 0 bridgehead atoms. The predicted octanol–water partition coefficient (Wildman–Crippen LogP) is 1.92. The minimum Gasteiger partial charge on any atom is -0.385 e. The average molecular weight is 270 g/mol. The van der Waals surface area contributed by atoms with Crippen LogP contribution in [0.2, 0.25) is 0 Å². The van der Waals surface area contributed by atoms with Crippen molar-refractivity contribution in [3.8, 4) is 0 Å². The van der Waals surface area contributed by atoms with Gasteiger partial charge in [0.1, 0.15) is 11.9 Å². The molecule has 2 rings (SSSR count). The van der Waals surface area contributed by atoms with E-state index < -0.39 is 6.10 Å². The number of likely N-dealkylation sites (tertiary alicyclic amines) is 1. The molecular weight excluding hydrogens is 250 g/mol. The van der Waals surface area contributed by atoms with Crippen molar-refractivity contribution in [1.82, 2.24) is 14.5 Å². The molecule has 0 radical (unpaired) electrons. The second kappa shape index (κ2) is 6.36. The third kappa shape index (κ3) is 3.13. The van der Waals surface area contributed by atoms with Crippen LogP contribution < -0.4 is 0 Å². The first-order chi connectivity index (χ1) is 8.72. The number of nitrogens with zero attached hydrogens (tertiary/aromatic N) is 3. The molecule has 1 N–H and O–H groups in total. The summed E-state index contributed by atoms with van der Waals surface area (Å²) < 4.78 is 1.90. The van der Waals surface area contributed by atoms with Crippen LogP contribution in [0.15, 0.2) is 24.0 Å². The number of aliphatic hydroxyl groups excluding tert-OH is 1. The maximum Gasteiger partial charge on any atom is 0.137 e. The molecule has 0 amide bonds. The van der Waals surface area contributed by atoms with Crippen molar-refractivity contribution in [3.05, 3.63) is 29.8 Å². The van der Waals surface area contributed by atoms with E-state index in [9.17, 15) is 5.11 Å². The van der Waals surface area contributed by atoms with E-state index >= 15 is 0 Å². The van der Waals surface area contributed by atoms with Crippen LogP contribution in [0.3, 0.4) is 0 Å². The van der Waals surface area contributed by atoms with Gasteiger partial charge in [0.2, 0.25) is 0 Å². The molecule has 2 heterocycles. The number of aromatic nitrogens is 2. The summed E-state index contributed by atoms with van der Waals surface area (Å²) >= 11 is 5.53. The highest BCUT2D eigenvalue weighted by molar-refractivity contribution is 6.25. The number of hydrogen-bond acceptors (Lipinski definition) is 3. The smallest absolute Gasteiger partial charge is 0.137 e. The van der Waals surface area contributed by atoms with Gasteiger partial charge in [0.25, 0.3) is 0 Å². The Balaban J connectivity index is 1.88. The topological polar surface area (TPSA) is 41.3 Å². The molecule has 0 aliphatic carbocycles. The van der Waals surface area contributed by atoms with Crippen LogP contribution in [-0.2, 0) is 7.05 Å². The normalized spacial score (nSPS) is 20.6. The third-order valence-electron chi connectivity index (χ3n) is 3.65. The summed E-state index contributed by atoms with van der Waals surface area (Å²) in [5, 5.41) is 10.3. The molecule has 1 fully saturated rings.